The van der Waals surface area contributed by atoms with Crippen LogP contribution in [0, 0.1) is 0 Å². The minimum absolute atomic E-state index is 0.0345. The summed E-state index contributed by atoms with van der Waals surface area (Å²) in [7, 11) is 0. The van der Waals surface area contributed by atoms with Crippen LogP contribution in [0.15, 0.2) is 54.6 Å². The van der Waals surface area contributed by atoms with Gasteiger partial charge >= 0.3 is 0 Å². The maximum absolute atomic E-state index is 6.46. The third-order valence-electron chi connectivity index (χ3n) is 4.80. The Morgan fingerprint density at radius 3 is 2.26 bits per heavy atom. The molecule has 122 valence electrons. The highest BCUT2D eigenvalue weighted by Crippen LogP contribution is 2.51. The predicted octanol–water partition coefficient (Wildman–Crippen LogP) is 5.37. The van der Waals surface area contributed by atoms with Gasteiger partial charge in [0, 0.05) is 6.54 Å². The first-order valence-electron chi connectivity index (χ1n) is 8.74. The summed E-state index contributed by atoms with van der Waals surface area (Å²) in [6, 6.07) is 19.7. The fourth-order valence-electron chi connectivity index (χ4n) is 3.07. The zero-order valence-electron chi connectivity index (χ0n) is 14.0. The van der Waals surface area contributed by atoms with E-state index in [1.54, 1.807) is 0 Å². The number of hydrogen-bond donors (Lipinski definition) is 0. The van der Waals surface area contributed by atoms with Crippen molar-refractivity contribution >= 4 is 11.6 Å². The standard InChI is InChI=1S/C21H26ClN/c1-2-23(17-19-7-4-3-5-8-19)16-6-9-18-10-12-20(13-11-18)21(22)14-15-21/h3-5,7-8,10-13H,2,6,9,14-17H2,1H3. The first-order chi connectivity index (χ1) is 11.2. The van der Waals surface area contributed by atoms with Crippen molar-refractivity contribution in [2.24, 2.45) is 0 Å². The van der Waals surface area contributed by atoms with Gasteiger partial charge in [0.2, 0.25) is 0 Å². The molecule has 2 aromatic carbocycles. The van der Waals surface area contributed by atoms with Crippen LogP contribution in [-0.4, -0.2) is 18.0 Å². The van der Waals surface area contributed by atoms with E-state index < -0.39 is 0 Å². The van der Waals surface area contributed by atoms with Crippen molar-refractivity contribution in [3.63, 3.8) is 0 Å². The van der Waals surface area contributed by atoms with Gasteiger partial charge in [-0.05, 0) is 55.5 Å². The van der Waals surface area contributed by atoms with Crippen molar-refractivity contribution < 1.29 is 0 Å². The molecule has 23 heavy (non-hydrogen) atoms. The Morgan fingerprint density at radius 2 is 1.65 bits per heavy atom. The molecule has 0 heterocycles. The van der Waals surface area contributed by atoms with Gasteiger partial charge in [-0.1, -0.05) is 61.5 Å². The Labute approximate surface area is 145 Å². The van der Waals surface area contributed by atoms with Crippen molar-refractivity contribution in [1.29, 1.82) is 0 Å². The molecule has 1 aliphatic rings. The first kappa shape index (κ1) is 16.5. The van der Waals surface area contributed by atoms with E-state index in [1.807, 2.05) is 0 Å². The maximum atomic E-state index is 6.46. The maximum Gasteiger partial charge on any atom is 0.0696 e. The van der Waals surface area contributed by atoms with Crippen LogP contribution in [0.5, 0.6) is 0 Å². The van der Waals surface area contributed by atoms with E-state index >= 15 is 0 Å². The number of halogens is 1. The topological polar surface area (TPSA) is 3.24 Å². The molecule has 0 spiro atoms. The van der Waals surface area contributed by atoms with E-state index in [9.17, 15) is 0 Å². The molecular formula is C21H26ClN. The second-order valence-electron chi connectivity index (χ2n) is 6.62. The lowest BCUT2D eigenvalue weighted by molar-refractivity contribution is 0.276. The number of benzene rings is 2. The van der Waals surface area contributed by atoms with Gasteiger partial charge in [-0.2, -0.15) is 0 Å². The second kappa shape index (κ2) is 7.51. The van der Waals surface area contributed by atoms with E-state index in [-0.39, 0.29) is 4.87 Å². The molecule has 2 aromatic rings. The number of nitrogens with zero attached hydrogens (tertiary/aromatic N) is 1. The normalized spacial score (nSPS) is 15.8. The van der Waals surface area contributed by atoms with Gasteiger partial charge in [-0.3, -0.25) is 4.90 Å². The van der Waals surface area contributed by atoms with Crippen molar-refractivity contribution in [2.45, 2.75) is 44.0 Å². The van der Waals surface area contributed by atoms with Gasteiger partial charge < -0.3 is 0 Å². The average molecular weight is 328 g/mol. The molecule has 0 radical (unpaired) electrons. The third-order valence-corrected chi connectivity index (χ3v) is 5.39. The molecule has 0 aromatic heterocycles. The van der Waals surface area contributed by atoms with Gasteiger partial charge in [0.1, 0.15) is 0 Å². The Bertz CT molecular complexity index is 601. The quantitative estimate of drug-likeness (QED) is 0.589. The van der Waals surface area contributed by atoms with E-state index in [0.29, 0.717) is 0 Å². The number of rotatable bonds is 8. The molecule has 1 fully saturated rings. The van der Waals surface area contributed by atoms with Crippen molar-refractivity contribution in [1.82, 2.24) is 4.90 Å². The summed E-state index contributed by atoms with van der Waals surface area (Å²) in [5.41, 5.74) is 4.11. The van der Waals surface area contributed by atoms with Gasteiger partial charge in [-0.15, -0.1) is 11.6 Å². The summed E-state index contributed by atoms with van der Waals surface area (Å²) in [6.07, 6.45) is 4.59. The zero-order chi connectivity index (χ0) is 16.1. The number of hydrogen-bond acceptors (Lipinski definition) is 1. The van der Waals surface area contributed by atoms with Gasteiger partial charge in [0.25, 0.3) is 0 Å². The minimum atomic E-state index is -0.0345. The van der Waals surface area contributed by atoms with Crippen LogP contribution in [0.3, 0.4) is 0 Å². The van der Waals surface area contributed by atoms with E-state index in [4.69, 9.17) is 11.6 Å². The number of alkyl halides is 1. The molecule has 1 nitrogen and oxygen atoms in total. The van der Waals surface area contributed by atoms with E-state index in [2.05, 4.69) is 66.4 Å². The third kappa shape index (κ3) is 4.59. The van der Waals surface area contributed by atoms with Crippen molar-refractivity contribution in [3.05, 3.63) is 71.3 Å². The summed E-state index contributed by atoms with van der Waals surface area (Å²) in [5.74, 6) is 0. The summed E-state index contributed by atoms with van der Waals surface area (Å²) >= 11 is 6.46. The first-order valence-corrected chi connectivity index (χ1v) is 9.12. The minimum Gasteiger partial charge on any atom is -0.299 e. The van der Waals surface area contributed by atoms with Gasteiger partial charge in [0.15, 0.2) is 0 Å². The molecule has 0 saturated heterocycles. The Morgan fingerprint density at radius 1 is 0.957 bits per heavy atom. The van der Waals surface area contributed by atoms with Crippen LogP contribution < -0.4 is 0 Å². The molecule has 1 saturated carbocycles. The lowest BCUT2D eigenvalue weighted by atomic mass is 10.0. The Hall–Kier alpha value is -1.31. The molecule has 0 N–H and O–H groups in total. The summed E-state index contributed by atoms with van der Waals surface area (Å²) in [6.45, 7) is 5.54. The Kier molecular flexibility index (Phi) is 5.40. The van der Waals surface area contributed by atoms with Crippen molar-refractivity contribution in [3.8, 4) is 0 Å². The van der Waals surface area contributed by atoms with E-state index in [0.717, 1.165) is 38.9 Å². The van der Waals surface area contributed by atoms with Crippen LogP contribution in [0.1, 0.15) is 42.9 Å². The highest BCUT2D eigenvalue weighted by atomic mass is 35.5. The summed E-state index contributed by atoms with van der Waals surface area (Å²) in [5, 5.41) is 0. The molecule has 3 rings (SSSR count). The molecule has 0 atom stereocenters. The summed E-state index contributed by atoms with van der Waals surface area (Å²) in [4.78, 5) is 2.48. The average Bonchev–Trinajstić information content (AvgIpc) is 3.34. The lowest BCUT2D eigenvalue weighted by Crippen LogP contribution is -2.24. The molecule has 0 bridgehead atoms. The van der Waals surface area contributed by atoms with E-state index in [1.165, 1.54) is 23.1 Å². The number of aryl methyl sites for hydroxylation is 1. The highest BCUT2D eigenvalue weighted by Gasteiger charge is 2.41. The predicted molar refractivity (Wildman–Crippen MR) is 98.9 cm³/mol. The van der Waals surface area contributed by atoms with Gasteiger partial charge in [-0.25, -0.2) is 0 Å². The van der Waals surface area contributed by atoms with Crippen LogP contribution in [0.4, 0.5) is 0 Å². The monoisotopic (exact) mass is 327 g/mol. The molecule has 1 aliphatic carbocycles. The van der Waals surface area contributed by atoms with Crippen LogP contribution in [0.2, 0.25) is 0 Å². The van der Waals surface area contributed by atoms with Crippen LogP contribution in [0.25, 0.3) is 0 Å². The summed E-state index contributed by atoms with van der Waals surface area (Å²) < 4.78 is 0. The molecular weight excluding hydrogens is 302 g/mol. The fraction of sp³-hybridized carbons (Fsp3) is 0.429. The second-order valence-corrected chi connectivity index (χ2v) is 7.34. The van der Waals surface area contributed by atoms with Crippen LogP contribution in [-0.2, 0) is 17.8 Å². The smallest absolute Gasteiger partial charge is 0.0696 e. The SMILES string of the molecule is CCN(CCCc1ccc(C2(Cl)CC2)cc1)Cc1ccccc1. The zero-order valence-corrected chi connectivity index (χ0v) is 14.7. The van der Waals surface area contributed by atoms with Crippen molar-refractivity contribution in [2.75, 3.05) is 13.1 Å². The lowest BCUT2D eigenvalue weighted by Gasteiger charge is -2.20. The molecule has 2 heteroatoms. The molecule has 0 amide bonds. The molecule has 0 unspecified atom stereocenters. The highest BCUT2D eigenvalue weighted by molar-refractivity contribution is 6.25. The largest absolute Gasteiger partial charge is 0.299 e. The molecule has 0 aliphatic heterocycles. The van der Waals surface area contributed by atoms with Crippen LogP contribution >= 0.6 is 11.6 Å². The fourth-order valence-corrected chi connectivity index (χ4v) is 3.29. The van der Waals surface area contributed by atoms with Gasteiger partial charge in [0.05, 0.1) is 4.87 Å². The Balaban J connectivity index is 1.46.